The first-order valence-corrected chi connectivity index (χ1v) is 7.03. The number of anilines is 1. The van der Waals surface area contributed by atoms with Gasteiger partial charge in [-0.05, 0) is 31.7 Å². The molecule has 1 aromatic heterocycles. The van der Waals surface area contributed by atoms with Gasteiger partial charge in [0.25, 0.3) is 6.01 Å². The van der Waals surface area contributed by atoms with Gasteiger partial charge in [0, 0.05) is 19.1 Å². The Hall–Kier alpha value is -1.03. The second-order valence-electron chi connectivity index (χ2n) is 5.61. The molecule has 0 aromatic carbocycles. The van der Waals surface area contributed by atoms with Crippen LogP contribution in [-0.2, 0) is 6.54 Å². The molecule has 1 fully saturated rings. The zero-order valence-corrected chi connectivity index (χ0v) is 11.9. The summed E-state index contributed by atoms with van der Waals surface area (Å²) in [4.78, 5) is 6.90. The number of oxazole rings is 1. The first-order chi connectivity index (χ1) is 8.61. The molecule has 4 nitrogen and oxygen atoms in total. The van der Waals surface area contributed by atoms with Crippen molar-refractivity contribution in [2.24, 2.45) is 11.8 Å². The van der Waals surface area contributed by atoms with E-state index in [0.717, 1.165) is 31.3 Å². The zero-order valence-electron chi connectivity index (χ0n) is 11.9. The van der Waals surface area contributed by atoms with E-state index in [-0.39, 0.29) is 0 Å². The van der Waals surface area contributed by atoms with Crippen LogP contribution in [0.25, 0.3) is 0 Å². The minimum absolute atomic E-state index is 0.506. The van der Waals surface area contributed by atoms with Crippen molar-refractivity contribution >= 4 is 6.01 Å². The topological polar surface area (TPSA) is 41.3 Å². The molecule has 3 unspecified atom stereocenters. The summed E-state index contributed by atoms with van der Waals surface area (Å²) < 4.78 is 5.64. The third-order valence-corrected chi connectivity index (χ3v) is 3.94. The van der Waals surface area contributed by atoms with Gasteiger partial charge >= 0.3 is 0 Å². The molecule has 0 saturated carbocycles. The van der Waals surface area contributed by atoms with Gasteiger partial charge in [0.2, 0.25) is 0 Å². The van der Waals surface area contributed by atoms with Gasteiger partial charge in [0.05, 0.1) is 5.69 Å². The maximum atomic E-state index is 5.64. The van der Waals surface area contributed by atoms with E-state index < -0.39 is 0 Å². The highest BCUT2D eigenvalue weighted by Crippen LogP contribution is 2.30. The van der Waals surface area contributed by atoms with Gasteiger partial charge in [-0.1, -0.05) is 20.8 Å². The lowest BCUT2D eigenvalue weighted by atomic mass is 9.86. The highest BCUT2D eigenvalue weighted by molar-refractivity contribution is 5.30. The quantitative estimate of drug-likeness (QED) is 0.893. The fourth-order valence-corrected chi connectivity index (χ4v) is 2.73. The SMILES string of the molecule is CCNCc1coc(N2CC(C)CC(C)C2C)n1. The van der Waals surface area contributed by atoms with E-state index in [1.165, 1.54) is 6.42 Å². The van der Waals surface area contributed by atoms with Crippen LogP contribution in [0.5, 0.6) is 0 Å². The third kappa shape index (κ3) is 2.86. The summed E-state index contributed by atoms with van der Waals surface area (Å²) in [6.07, 6.45) is 3.07. The molecule has 102 valence electrons. The normalized spacial score (nSPS) is 28.7. The van der Waals surface area contributed by atoms with Crippen LogP contribution in [0.1, 0.15) is 39.8 Å². The van der Waals surface area contributed by atoms with Crippen molar-refractivity contribution in [3.8, 4) is 0 Å². The average Bonchev–Trinajstić information content (AvgIpc) is 2.79. The molecule has 1 N–H and O–H groups in total. The maximum absolute atomic E-state index is 5.64. The van der Waals surface area contributed by atoms with Crippen LogP contribution in [0.3, 0.4) is 0 Å². The highest BCUT2D eigenvalue weighted by Gasteiger charge is 2.31. The molecular weight excluding hydrogens is 226 g/mol. The summed E-state index contributed by atoms with van der Waals surface area (Å²) in [7, 11) is 0. The van der Waals surface area contributed by atoms with E-state index in [1.54, 1.807) is 6.26 Å². The standard InChI is InChI=1S/C14H25N3O/c1-5-15-7-13-9-18-14(16-13)17-8-10(2)6-11(3)12(17)4/h9-12,15H,5-8H2,1-4H3. The molecule has 2 rings (SSSR count). The number of nitrogens with one attached hydrogen (secondary N) is 1. The summed E-state index contributed by atoms with van der Waals surface area (Å²) in [5, 5.41) is 3.27. The fourth-order valence-electron chi connectivity index (χ4n) is 2.73. The lowest BCUT2D eigenvalue weighted by Gasteiger charge is -2.40. The number of hydrogen-bond acceptors (Lipinski definition) is 4. The van der Waals surface area contributed by atoms with Crippen molar-refractivity contribution in [2.45, 2.75) is 46.7 Å². The zero-order chi connectivity index (χ0) is 13.1. The largest absolute Gasteiger partial charge is 0.432 e. The average molecular weight is 251 g/mol. The first kappa shape index (κ1) is 13.4. The fraction of sp³-hybridized carbons (Fsp3) is 0.786. The van der Waals surface area contributed by atoms with Crippen LogP contribution in [0, 0.1) is 11.8 Å². The second-order valence-corrected chi connectivity index (χ2v) is 5.61. The lowest BCUT2D eigenvalue weighted by molar-refractivity contribution is 0.283. The summed E-state index contributed by atoms with van der Waals surface area (Å²) in [5.74, 6) is 1.40. The number of aromatic nitrogens is 1. The Morgan fingerprint density at radius 1 is 1.44 bits per heavy atom. The van der Waals surface area contributed by atoms with Gasteiger partial charge in [-0.3, -0.25) is 0 Å². The van der Waals surface area contributed by atoms with Gasteiger partial charge in [-0.2, -0.15) is 4.98 Å². The Kier molecular flexibility index (Phi) is 4.27. The number of hydrogen-bond donors (Lipinski definition) is 1. The van der Waals surface area contributed by atoms with Crippen molar-refractivity contribution < 1.29 is 4.42 Å². The van der Waals surface area contributed by atoms with E-state index in [2.05, 4.69) is 42.9 Å². The van der Waals surface area contributed by atoms with E-state index in [4.69, 9.17) is 4.42 Å². The van der Waals surface area contributed by atoms with E-state index in [9.17, 15) is 0 Å². The molecule has 2 heterocycles. The van der Waals surface area contributed by atoms with Crippen LogP contribution >= 0.6 is 0 Å². The van der Waals surface area contributed by atoms with E-state index in [0.29, 0.717) is 17.9 Å². The van der Waals surface area contributed by atoms with Crippen LogP contribution < -0.4 is 10.2 Å². The van der Waals surface area contributed by atoms with Crippen LogP contribution in [0.4, 0.5) is 6.01 Å². The van der Waals surface area contributed by atoms with Crippen molar-refractivity contribution in [3.05, 3.63) is 12.0 Å². The molecule has 0 radical (unpaired) electrons. The van der Waals surface area contributed by atoms with Gasteiger partial charge in [0.1, 0.15) is 6.26 Å². The Bertz CT molecular complexity index is 377. The van der Waals surface area contributed by atoms with Crippen LogP contribution in [0.2, 0.25) is 0 Å². The van der Waals surface area contributed by atoms with Crippen LogP contribution in [0.15, 0.2) is 10.7 Å². The predicted molar refractivity (Wildman–Crippen MR) is 73.6 cm³/mol. The monoisotopic (exact) mass is 251 g/mol. The minimum Gasteiger partial charge on any atom is -0.432 e. The Morgan fingerprint density at radius 2 is 2.22 bits per heavy atom. The molecule has 3 atom stereocenters. The molecule has 0 bridgehead atoms. The lowest BCUT2D eigenvalue weighted by Crippen LogP contribution is -2.46. The molecular formula is C14H25N3O. The molecule has 18 heavy (non-hydrogen) atoms. The summed E-state index contributed by atoms with van der Waals surface area (Å²) in [6, 6.07) is 1.29. The third-order valence-electron chi connectivity index (χ3n) is 3.94. The van der Waals surface area contributed by atoms with Gasteiger partial charge in [-0.15, -0.1) is 0 Å². The smallest absolute Gasteiger partial charge is 0.297 e. The molecule has 1 saturated heterocycles. The predicted octanol–water partition coefficient (Wildman–Crippen LogP) is 2.65. The molecule has 0 amide bonds. The maximum Gasteiger partial charge on any atom is 0.297 e. The molecule has 1 aliphatic rings. The summed E-state index contributed by atoms with van der Waals surface area (Å²) >= 11 is 0. The molecule has 4 heteroatoms. The number of rotatable bonds is 4. The van der Waals surface area contributed by atoms with Crippen molar-refractivity contribution in [2.75, 3.05) is 18.0 Å². The Morgan fingerprint density at radius 3 is 2.94 bits per heavy atom. The Balaban J connectivity index is 2.07. The van der Waals surface area contributed by atoms with Crippen molar-refractivity contribution in [3.63, 3.8) is 0 Å². The number of piperidine rings is 1. The van der Waals surface area contributed by atoms with Crippen LogP contribution in [-0.4, -0.2) is 24.1 Å². The molecule has 0 spiro atoms. The van der Waals surface area contributed by atoms with E-state index in [1.807, 2.05) is 0 Å². The highest BCUT2D eigenvalue weighted by atomic mass is 16.4. The summed E-state index contributed by atoms with van der Waals surface area (Å²) in [5.41, 5.74) is 0.991. The molecule has 0 aliphatic carbocycles. The molecule has 1 aliphatic heterocycles. The van der Waals surface area contributed by atoms with Crippen molar-refractivity contribution in [1.29, 1.82) is 0 Å². The van der Waals surface area contributed by atoms with Gasteiger partial charge in [0.15, 0.2) is 0 Å². The first-order valence-electron chi connectivity index (χ1n) is 7.03. The van der Waals surface area contributed by atoms with Crippen molar-refractivity contribution in [1.82, 2.24) is 10.3 Å². The minimum atomic E-state index is 0.506. The second kappa shape index (κ2) is 5.74. The summed E-state index contributed by atoms with van der Waals surface area (Å²) in [6.45, 7) is 11.8. The Labute approximate surface area is 110 Å². The van der Waals surface area contributed by atoms with Gasteiger partial charge < -0.3 is 14.6 Å². The van der Waals surface area contributed by atoms with E-state index >= 15 is 0 Å². The molecule has 1 aromatic rings. The number of nitrogens with zero attached hydrogens (tertiary/aromatic N) is 2. The van der Waals surface area contributed by atoms with Gasteiger partial charge in [-0.25, -0.2) is 0 Å².